The number of hydrogen-bond acceptors (Lipinski definition) is 5. The van der Waals surface area contributed by atoms with Crippen molar-refractivity contribution in [1.82, 2.24) is 24.6 Å². The van der Waals surface area contributed by atoms with Crippen LogP contribution in [0.2, 0.25) is 0 Å². The summed E-state index contributed by atoms with van der Waals surface area (Å²) in [4.78, 5) is 24.9. The van der Waals surface area contributed by atoms with Gasteiger partial charge in [0.05, 0.1) is 23.5 Å². The normalized spacial score (nSPS) is 33.3. The molecule has 160 valence electrons. The minimum absolute atomic E-state index is 0.145. The molecule has 2 aromatic rings. The average Bonchev–Trinajstić information content (AvgIpc) is 3.25. The first-order valence-electron chi connectivity index (χ1n) is 11.9. The molecule has 0 radical (unpaired) electrons. The van der Waals surface area contributed by atoms with Gasteiger partial charge < -0.3 is 10.2 Å². The Morgan fingerprint density at radius 3 is 2.57 bits per heavy atom. The molecule has 4 bridgehead atoms. The molecular formula is C23H32N6O. The predicted octanol–water partition coefficient (Wildman–Crippen LogP) is 3.47. The van der Waals surface area contributed by atoms with E-state index in [2.05, 4.69) is 25.3 Å². The molecule has 4 aliphatic carbocycles. The molecular weight excluding hydrogens is 376 g/mol. The van der Waals surface area contributed by atoms with Crippen LogP contribution in [0.5, 0.6) is 0 Å². The standard InChI is InChI=1S/C23H32N6O/c30-22(23-12-16-9-17(13-23)11-18(23)10-16)27-20-19-14-26-29(21(19)25-15-24-20)8-7-28-5-3-1-2-4-6-28/h14-18H,1-13H2,(H,24,25,27,30). The van der Waals surface area contributed by atoms with E-state index in [9.17, 15) is 4.79 Å². The van der Waals surface area contributed by atoms with E-state index in [0.717, 1.165) is 48.8 Å². The van der Waals surface area contributed by atoms with Crippen molar-refractivity contribution < 1.29 is 4.79 Å². The van der Waals surface area contributed by atoms with Gasteiger partial charge in [0.1, 0.15) is 12.1 Å². The van der Waals surface area contributed by atoms with Crippen LogP contribution in [0.4, 0.5) is 5.82 Å². The number of carbonyl (C=O) groups excluding carboxylic acids is 1. The quantitative estimate of drug-likeness (QED) is 0.820. The summed E-state index contributed by atoms with van der Waals surface area (Å²) in [5.74, 6) is 2.93. The van der Waals surface area contributed by atoms with Gasteiger partial charge in [0, 0.05) is 6.54 Å². The van der Waals surface area contributed by atoms with Gasteiger partial charge in [-0.3, -0.25) is 4.79 Å². The fraction of sp³-hybridized carbons (Fsp3) is 0.739. The molecule has 1 saturated heterocycles. The summed E-state index contributed by atoms with van der Waals surface area (Å²) < 4.78 is 1.97. The fourth-order valence-corrected chi connectivity index (χ4v) is 7.15. The number of amides is 1. The van der Waals surface area contributed by atoms with Gasteiger partial charge in [0.15, 0.2) is 5.65 Å². The van der Waals surface area contributed by atoms with Gasteiger partial charge in [0.25, 0.3) is 0 Å². The molecule has 5 fully saturated rings. The van der Waals surface area contributed by atoms with Crippen molar-refractivity contribution in [1.29, 1.82) is 0 Å². The topological polar surface area (TPSA) is 75.9 Å². The molecule has 2 atom stereocenters. The zero-order chi connectivity index (χ0) is 20.1. The number of aromatic nitrogens is 4. The highest BCUT2D eigenvalue weighted by Gasteiger charge is 2.61. The van der Waals surface area contributed by atoms with Crippen molar-refractivity contribution in [2.75, 3.05) is 25.0 Å². The predicted molar refractivity (Wildman–Crippen MR) is 115 cm³/mol. The Balaban J connectivity index is 1.19. The first-order valence-corrected chi connectivity index (χ1v) is 11.9. The number of anilines is 1. The minimum atomic E-state index is -0.145. The van der Waals surface area contributed by atoms with Gasteiger partial charge in [-0.25, -0.2) is 14.6 Å². The summed E-state index contributed by atoms with van der Waals surface area (Å²) in [6, 6.07) is 0. The Morgan fingerprint density at radius 1 is 1.03 bits per heavy atom. The van der Waals surface area contributed by atoms with Gasteiger partial charge in [0.2, 0.25) is 5.91 Å². The summed E-state index contributed by atoms with van der Waals surface area (Å²) in [5.41, 5.74) is 0.679. The van der Waals surface area contributed by atoms with Crippen molar-refractivity contribution >= 4 is 22.8 Å². The van der Waals surface area contributed by atoms with Crippen molar-refractivity contribution in [2.45, 2.75) is 64.3 Å². The number of rotatable bonds is 5. The lowest BCUT2D eigenvalue weighted by molar-refractivity contribution is -0.127. The van der Waals surface area contributed by atoms with Crippen LogP contribution in [0.15, 0.2) is 12.5 Å². The molecule has 5 aliphatic rings. The SMILES string of the molecule is O=C(Nc1ncnc2c1cnn2CCN1CCCCCC1)C12CC3CC(CC1C3)C2. The lowest BCUT2D eigenvalue weighted by atomic mass is 9.75. The van der Waals surface area contributed by atoms with E-state index in [1.54, 1.807) is 6.33 Å². The van der Waals surface area contributed by atoms with E-state index in [-0.39, 0.29) is 11.3 Å². The second kappa shape index (κ2) is 7.29. The molecule has 3 heterocycles. The lowest BCUT2D eigenvalue weighted by Gasteiger charge is -2.31. The molecule has 1 aliphatic heterocycles. The van der Waals surface area contributed by atoms with E-state index in [0.29, 0.717) is 11.7 Å². The second-order valence-corrected chi connectivity index (χ2v) is 10.2. The van der Waals surface area contributed by atoms with E-state index in [1.165, 1.54) is 58.0 Å². The Bertz CT molecular complexity index is 932. The van der Waals surface area contributed by atoms with Crippen molar-refractivity contribution in [3.8, 4) is 0 Å². The van der Waals surface area contributed by atoms with Crippen LogP contribution in [0, 0.1) is 23.2 Å². The average molecular weight is 409 g/mol. The molecule has 7 rings (SSSR count). The van der Waals surface area contributed by atoms with Gasteiger partial charge in [-0.05, 0) is 75.8 Å². The van der Waals surface area contributed by atoms with E-state index < -0.39 is 0 Å². The first-order chi connectivity index (χ1) is 14.7. The second-order valence-electron chi connectivity index (χ2n) is 10.2. The monoisotopic (exact) mass is 408 g/mol. The van der Waals surface area contributed by atoms with Crippen LogP contribution in [0.1, 0.15) is 57.8 Å². The summed E-state index contributed by atoms with van der Waals surface area (Å²) in [6.07, 6.45) is 14.7. The van der Waals surface area contributed by atoms with Crippen molar-refractivity contribution in [3.63, 3.8) is 0 Å². The van der Waals surface area contributed by atoms with Gasteiger partial charge in [-0.1, -0.05) is 12.8 Å². The summed E-state index contributed by atoms with van der Waals surface area (Å²) in [6.45, 7) is 4.18. The third-order valence-electron chi connectivity index (χ3n) is 8.43. The summed E-state index contributed by atoms with van der Waals surface area (Å²) in [7, 11) is 0. The number of hydrogen-bond donors (Lipinski definition) is 1. The smallest absolute Gasteiger partial charge is 0.232 e. The highest BCUT2D eigenvalue weighted by atomic mass is 16.2. The van der Waals surface area contributed by atoms with E-state index in [4.69, 9.17) is 0 Å². The molecule has 2 unspecified atom stereocenters. The molecule has 1 N–H and O–H groups in total. The van der Waals surface area contributed by atoms with Crippen LogP contribution >= 0.6 is 0 Å². The molecule has 7 heteroatoms. The largest absolute Gasteiger partial charge is 0.309 e. The van der Waals surface area contributed by atoms with Crippen molar-refractivity contribution in [2.24, 2.45) is 23.2 Å². The van der Waals surface area contributed by atoms with E-state index >= 15 is 0 Å². The van der Waals surface area contributed by atoms with Crippen LogP contribution in [0.3, 0.4) is 0 Å². The maximum absolute atomic E-state index is 13.4. The van der Waals surface area contributed by atoms with Crippen LogP contribution in [-0.2, 0) is 11.3 Å². The molecule has 0 aromatic carbocycles. The van der Waals surface area contributed by atoms with E-state index in [1.807, 2.05) is 10.9 Å². The maximum Gasteiger partial charge on any atom is 0.232 e. The molecule has 7 nitrogen and oxygen atoms in total. The number of fused-ring (bicyclic) bond motifs is 1. The highest BCUT2D eigenvalue weighted by Crippen LogP contribution is 2.65. The first kappa shape index (κ1) is 18.7. The number of nitrogens with zero attached hydrogens (tertiary/aromatic N) is 5. The van der Waals surface area contributed by atoms with Crippen molar-refractivity contribution in [3.05, 3.63) is 12.5 Å². The fourth-order valence-electron chi connectivity index (χ4n) is 7.15. The molecule has 30 heavy (non-hydrogen) atoms. The summed E-state index contributed by atoms with van der Waals surface area (Å²) in [5, 5.41) is 8.65. The summed E-state index contributed by atoms with van der Waals surface area (Å²) >= 11 is 0. The number of likely N-dealkylation sites (tertiary alicyclic amines) is 1. The van der Waals surface area contributed by atoms with Gasteiger partial charge in [-0.2, -0.15) is 5.10 Å². The number of nitrogens with one attached hydrogen (secondary N) is 1. The van der Waals surface area contributed by atoms with Gasteiger partial charge in [-0.15, -0.1) is 0 Å². The molecule has 2 aromatic heterocycles. The zero-order valence-electron chi connectivity index (χ0n) is 17.7. The minimum Gasteiger partial charge on any atom is -0.309 e. The molecule has 1 amide bonds. The zero-order valence-corrected chi connectivity index (χ0v) is 17.7. The Kier molecular flexibility index (Phi) is 4.55. The molecule has 0 spiro atoms. The molecule has 4 saturated carbocycles. The Hall–Kier alpha value is -2.02. The van der Waals surface area contributed by atoms with Crippen LogP contribution in [-0.4, -0.2) is 50.2 Å². The third-order valence-corrected chi connectivity index (χ3v) is 8.43. The van der Waals surface area contributed by atoms with Crippen LogP contribution in [0.25, 0.3) is 11.0 Å². The number of carbonyl (C=O) groups is 1. The highest BCUT2D eigenvalue weighted by molar-refractivity contribution is 6.01. The third kappa shape index (κ3) is 3.04. The Morgan fingerprint density at radius 2 is 1.80 bits per heavy atom. The Labute approximate surface area is 177 Å². The lowest BCUT2D eigenvalue weighted by Crippen LogP contribution is -2.37. The van der Waals surface area contributed by atoms with Crippen LogP contribution < -0.4 is 5.32 Å². The maximum atomic E-state index is 13.4. The van der Waals surface area contributed by atoms with Gasteiger partial charge >= 0.3 is 0 Å².